The molecule has 1 saturated heterocycles. The van der Waals surface area contributed by atoms with E-state index < -0.39 is 18.2 Å². The van der Waals surface area contributed by atoms with Crippen molar-refractivity contribution in [2.75, 3.05) is 6.54 Å². The summed E-state index contributed by atoms with van der Waals surface area (Å²) in [6.45, 7) is 0.239. The molecule has 1 aliphatic heterocycles. The molecule has 2 atom stereocenters. The first-order valence-corrected chi connectivity index (χ1v) is 3.58. The monoisotopic (exact) mass is 173 g/mol. The summed E-state index contributed by atoms with van der Waals surface area (Å²) in [5.74, 6) is -0.133. The van der Waals surface area contributed by atoms with Crippen LogP contribution in [0.15, 0.2) is 0 Å². The molecule has 0 radical (unpaired) electrons. The fourth-order valence-corrected chi connectivity index (χ4v) is 1.06. The van der Waals surface area contributed by atoms with Crippen LogP contribution in [-0.2, 0) is 9.53 Å². The fourth-order valence-electron chi connectivity index (χ4n) is 1.06. The Morgan fingerprint density at radius 1 is 1.67 bits per heavy atom. The van der Waals surface area contributed by atoms with Crippen LogP contribution in [-0.4, -0.2) is 30.7 Å². The molecule has 0 aromatic heterocycles. The maximum Gasteiger partial charge on any atom is 0.404 e. The van der Waals surface area contributed by atoms with Crippen LogP contribution < -0.4 is 16.8 Å². The van der Waals surface area contributed by atoms with Crippen LogP contribution in [0.1, 0.15) is 6.42 Å². The van der Waals surface area contributed by atoms with Crippen LogP contribution in [0.4, 0.5) is 4.79 Å². The molecule has 6 heteroatoms. The van der Waals surface area contributed by atoms with Crippen molar-refractivity contribution in [2.45, 2.75) is 18.6 Å². The van der Waals surface area contributed by atoms with Gasteiger partial charge in [0.05, 0.1) is 12.6 Å². The van der Waals surface area contributed by atoms with Gasteiger partial charge in [0.1, 0.15) is 6.10 Å². The van der Waals surface area contributed by atoms with E-state index in [-0.39, 0.29) is 18.9 Å². The van der Waals surface area contributed by atoms with Gasteiger partial charge >= 0.3 is 6.09 Å². The SMILES string of the molecule is NC(=O)O[C@@H]1CNC(=O)C[C@@H]1N. The highest BCUT2D eigenvalue weighted by Crippen LogP contribution is 2.05. The van der Waals surface area contributed by atoms with Crippen LogP contribution >= 0.6 is 0 Å². The highest BCUT2D eigenvalue weighted by molar-refractivity contribution is 5.77. The van der Waals surface area contributed by atoms with Gasteiger partial charge < -0.3 is 21.5 Å². The van der Waals surface area contributed by atoms with Crippen LogP contribution in [0.5, 0.6) is 0 Å². The Kier molecular flexibility index (Phi) is 2.49. The summed E-state index contributed by atoms with van der Waals surface area (Å²) in [7, 11) is 0. The largest absolute Gasteiger partial charge is 0.443 e. The lowest BCUT2D eigenvalue weighted by atomic mass is 10.0. The molecule has 0 aromatic rings. The number of primary amides is 1. The number of amides is 2. The quantitative estimate of drug-likeness (QED) is 0.439. The molecule has 1 rings (SSSR count). The Morgan fingerprint density at radius 3 is 2.83 bits per heavy atom. The molecule has 12 heavy (non-hydrogen) atoms. The van der Waals surface area contributed by atoms with Gasteiger partial charge in [-0.1, -0.05) is 0 Å². The van der Waals surface area contributed by atoms with Crippen molar-refractivity contribution in [3.8, 4) is 0 Å². The summed E-state index contributed by atoms with van der Waals surface area (Å²) in [6, 6.07) is -0.453. The number of piperidine rings is 1. The second kappa shape index (κ2) is 3.40. The maximum atomic E-state index is 10.7. The zero-order chi connectivity index (χ0) is 9.14. The van der Waals surface area contributed by atoms with Gasteiger partial charge in [0.2, 0.25) is 5.91 Å². The summed E-state index contributed by atoms with van der Waals surface area (Å²) in [6.07, 6.45) is -1.20. The molecular formula is C6H11N3O3. The molecule has 6 nitrogen and oxygen atoms in total. The number of hydrogen-bond acceptors (Lipinski definition) is 4. The first-order chi connectivity index (χ1) is 5.59. The lowest BCUT2D eigenvalue weighted by Crippen LogP contribution is -2.53. The lowest BCUT2D eigenvalue weighted by molar-refractivity contribution is -0.124. The van der Waals surface area contributed by atoms with Gasteiger partial charge in [-0.25, -0.2) is 4.79 Å². The van der Waals surface area contributed by atoms with Crippen molar-refractivity contribution in [3.63, 3.8) is 0 Å². The summed E-state index contributed by atoms with van der Waals surface area (Å²) in [4.78, 5) is 21.1. The van der Waals surface area contributed by atoms with Gasteiger partial charge in [-0.15, -0.1) is 0 Å². The van der Waals surface area contributed by atoms with Crippen LogP contribution in [0.3, 0.4) is 0 Å². The molecule has 0 saturated carbocycles. The minimum atomic E-state index is -0.869. The van der Waals surface area contributed by atoms with Gasteiger partial charge in [0.15, 0.2) is 0 Å². The minimum absolute atomic E-state index is 0.133. The first-order valence-electron chi connectivity index (χ1n) is 3.58. The Labute approximate surface area is 69.2 Å². The van der Waals surface area contributed by atoms with Gasteiger partial charge in [-0.3, -0.25) is 4.79 Å². The van der Waals surface area contributed by atoms with Crippen molar-refractivity contribution in [3.05, 3.63) is 0 Å². The second-order valence-corrected chi connectivity index (χ2v) is 2.65. The highest BCUT2D eigenvalue weighted by Gasteiger charge is 2.28. The van der Waals surface area contributed by atoms with E-state index in [9.17, 15) is 9.59 Å². The van der Waals surface area contributed by atoms with E-state index in [1.807, 2.05) is 0 Å². The molecule has 1 heterocycles. The first kappa shape index (κ1) is 8.79. The Hall–Kier alpha value is -1.30. The number of carbonyl (C=O) groups excluding carboxylic acids is 2. The van der Waals surface area contributed by atoms with E-state index in [1.54, 1.807) is 0 Å². The van der Waals surface area contributed by atoms with Crippen molar-refractivity contribution >= 4 is 12.0 Å². The normalized spacial score (nSPS) is 29.2. The van der Waals surface area contributed by atoms with Crippen molar-refractivity contribution in [1.82, 2.24) is 5.32 Å². The Morgan fingerprint density at radius 2 is 2.33 bits per heavy atom. The fraction of sp³-hybridized carbons (Fsp3) is 0.667. The predicted octanol–water partition coefficient (Wildman–Crippen LogP) is -1.70. The summed E-state index contributed by atoms with van der Waals surface area (Å²) in [5, 5.41) is 2.52. The average Bonchev–Trinajstić information content (AvgIpc) is 1.94. The van der Waals surface area contributed by atoms with E-state index in [0.29, 0.717) is 0 Å². The molecule has 0 bridgehead atoms. The number of carbonyl (C=O) groups is 2. The van der Waals surface area contributed by atoms with Crippen molar-refractivity contribution in [1.29, 1.82) is 0 Å². The zero-order valence-corrected chi connectivity index (χ0v) is 6.45. The topological polar surface area (TPSA) is 107 Å². The lowest BCUT2D eigenvalue weighted by Gasteiger charge is -2.27. The van der Waals surface area contributed by atoms with Crippen molar-refractivity contribution < 1.29 is 14.3 Å². The van der Waals surface area contributed by atoms with E-state index in [4.69, 9.17) is 11.5 Å². The summed E-state index contributed by atoms with van der Waals surface area (Å²) < 4.78 is 4.65. The van der Waals surface area contributed by atoms with Crippen LogP contribution in [0.2, 0.25) is 0 Å². The third-order valence-electron chi connectivity index (χ3n) is 1.67. The molecule has 1 fully saturated rings. The highest BCUT2D eigenvalue weighted by atomic mass is 16.6. The summed E-state index contributed by atoms with van der Waals surface area (Å²) in [5.41, 5.74) is 10.3. The predicted molar refractivity (Wildman–Crippen MR) is 40.1 cm³/mol. The number of nitrogens with one attached hydrogen (secondary N) is 1. The molecule has 2 amide bonds. The number of ether oxygens (including phenoxy) is 1. The second-order valence-electron chi connectivity index (χ2n) is 2.65. The zero-order valence-electron chi connectivity index (χ0n) is 6.45. The maximum absolute atomic E-state index is 10.7. The van der Waals surface area contributed by atoms with Gasteiger partial charge in [-0.2, -0.15) is 0 Å². The van der Waals surface area contributed by atoms with Crippen LogP contribution in [0.25, 0.3) is 0 Å². The Bertz CT molecular complexity index is 206. The molecule has 0 aliphatic carbocycles. The Balaban J connectivity index is 2.45. The summed E-state index contributed by atoms with van der Waals surface area (Å²) >= 11 is 0. The molecule has 0 spiro atoms. The number of nitrogens with two attached hydrogens (primary N) is 2. The average molecular weight is 173 g/mol. The molecule has 5 N–H and O–H groups in total. The van der Waals surface area contributed by atoms with E-state index >= 15 is 0 Å². The van der Waals surface area contributed by atoms with Gasteiger partial charge in [-0.05, 0) is 0 Å². The number of rotatable bonds is 1. The molecule has 0 aromatic carbocycles. The molecule has 1 aliphatic rings. The van der Waals surface area contributed by atoms with Gasteiger partial charge in [0.25, 0.3) is 0 Å². The van der Waals surface area contributed by atoms with E-state index in [0.717, 1.165) is 0 Å². The van der Waals surface area contributed by atoms with E-state index in [2.05, 4.69) is 10.1 Å². The third-order valence-corrected chi connectivity index (χ3v) is 1.67. The van der Waals surface area contributed by atoms with E-state index in [1.165, 1.54) is 0 Å². The standard InChI is InChI=1S/C6H11N3O3/c7-3-1-5(10)9-2-4(3)12-6(8)11/h3-4H,1-2,7H2,(H2,8,11)(H,9,10)/t3-,4+/m0/s1. The molecule has 0 unspecified atom stereocenters. The number of hydrogen-bond donors (Lipinski definition) is 3. The minimum Gasteiger partial charge on any atom is -0.443 e. The molecule has 68 valence electrons. The van der Waals surface area contributed by atoms with Crippen molar-refractivity contribution in [2.24, 2.45) is 11.5 Å². The third kappa shape index (κ3) is 2.09. The van der Waals surface area contributed by atoms with Crippen LogP contribution in [0, 0.1) is 0 Å². The molecular weight excluding hydrogens is 162 g/mol. The smallest absolute Gasteiger partial charge is 0.404 e. The van der Waals surface area contributed by atoms with Gasteiger partial charge in [0, 0.05) is 6.42 Å².